The van der Waals surface area contributed by atoms with Gasteiger partial charge in [-0.2, -0.15) is 0 Å². The van der Waals surface area contributed by atoms with Crippen molar-refractivity contribution < 1.29 is 14.4 Å². The minimum atomic E-state index is -0.512. The zero-order valence-electron chi connectivity index (χ0n) is 10.4. The first kappa shape index (κ1) is 14.2. The van der Waals surface area contributed by atoms with E-state index >= 15 is 0 Å². The molecule has 0 aromatic heterocycles. The third-order valence-corrected chi connectivity index (χ3v) is 2.44. The molecule has 0 aliphatic carbocycles. The Morgan fingerprint density at radius 2 is 2.22 bits per heavy atom. The second-order valence-electron chi connectivity index (χ2n) is 3.72. The fourth-order valence-corrected chi connectivity index (χ4v) is 1.46. The molecule has 0 heterocycles. The molecule has 18 heavy (non-hydrogen) atoms. The van der Waals surface area contributed by atoms with Crippen molar-refractivity contribution in [3.8, 4) is 0 Å². The third-order valence-electron chi connectivity index (χ3n) is 2.44. The lowest BCUT2D eigenvalue weighted by Crippen LogP contribution is -2.26. The van der Waals surface area contributed by atoms with Gasteiger partial charge in [0.05, 0.1) is 17.6 Å². The van der Waals surface area contributed by atoms with Crippen LogP contribution >= 0.6 is 0 Å². The number of benzene rings is 1. The largest absolute Gasteiger partial charge is 0.393 e. The first-order valence-corrected chi connectivity index (χ1v) is 5.38. The van der Waals surface area contributed by atoms with Gasteiger partial charge < -0.3 is 20.5 Å². The average Bonchev–Trinajstić information content (AvgIpc) is 2.34. The molecule has 0 saturated carbocycles. The van der Waals surface area contributed by atoms with Gasteiger partial charge >= 0.3 is 0 Å². The fourth-order valence-electron chi connectivity index (χ4n) is 1.46. The number of nitrogens with two attached hydrogens (primary N) is 1. The number of anilines is 2. The van der Waals surface area contributed by atoms with E-state index < -0.39 is 4.92 Å². The van der Waals surface area contributed by atoms with E-state index in [-0.39, 0.29) is 17.5 Å². The number of nitrogens with zero attached hydrogens (tertiary/aromatic N) is 1. The maximum absolute atomic E-state index is 10.6. The molecule has 0 amide bonds. The van der Waals surface area contributed by atoms with Crippen LogP contribution in [-0.4, -0.2) is 38.4 Å². The zero-order chi connectivity index (χ0) is 13.5. The Morgan fingerprint density at radius 3 is 2.72 bits per heavy atom. The summed E-state index contributed by atoms with van der Waals surface area (Å²) in [4.78, 5) is 10.1. The van der Waals surface area contributed by atoms with E-state index in [0.717, 1.165) is 0 Å². The Bertz CT molecular complexity index is 411. The SMILES string of the molecule is COCC(CNc1ccc([N+](=O)[O-])c(N)c1)OC. The Morgan fingerprint density at radius 1 is 1.50 bits per heavy atom. The standard InChI is InChI=1S/C11H17N3O4/c1-17-7-9(18-2)6-13-8-3-4-11(14(15)16)10(12)5-8/h3-5,9,13H,6-7,12H2,1-2H3. The van der Waals surface area contributed by atoms with Gasteiger partial charge in [-0.3, -0.25) is 10.1 Å². The summed E-state index contributed by atoms with van der Waals surface area (Å²) in [6, 6.07) is 4.50. The number of hydrogen-bond acceptors (Lipinski definition) is 6. The summed E-state index contributed by atoms with van der Waals surface area (Å²) in [5.74, 6) is 0. The van der Waals surface area contributed by atoms with Crippen LogP contribution in [0.5, 0.6) is 0 Å². The first-order chi connectivity index (χ1) is 8.58. The molecule has 0 spiro atoms. The van der Waals surface area contributed by atoms with Crippen LogP contribution in [0.1, 0.15) is 0 Å². The maximum atomic E-state index is 10.6. The quantitative estimate of drug-likeness (QED) is 0.432. The highest BCUT2D eigenvalue weighted by Gasteiger charge is 2.12. The molecule has 0 radical (unpaired) electrons. The molecule has 1 aromatic rings. The summed E-state index contributed by atoms with van der Waals surface area (Å²) in [6.45, 7) is 0.994. The van der Waals surface area contributed by atoms with Crippen molar-refractivity contribution in [1.82, 2.24) is 0 Å². The molecule has 7 nitrogen and oxygen atoms in total. The van der Waals surface area contributed by atoms with Crippen molar-refractivity contribution >= 4 is 17.1 Å². The van der Waals surface area contributed by atoms with E-state index in [1.807, 2.05) is 0 Å². The molecule has 0 bridgehead atoms. The van der Waals surface area contributed by atoms with Crippen molar-refractivity contribution in [2.24, 2.45) is 0 Å². The van der Waals surface area contributed by atoms with E-state index in [1.165, 1.54) is 12.1 Å². The molecule has 0 saturated heterocycles. The van der Waals surface area contributed by atoms with Gasteiger partial charge in [-0.15, -0.1) is 0 Å². The van der Waals surface area contributed by atoms with Crippen LogP contribution in [0.15, 0.2) is 18.2 Å². The molecule has 0 aliphatic heterocycles. The minimum absolute atomic E-state index is 0.0913. The number of rotatable bonds is 7. The minimum Gasteiger partial charge on any atom is -0.393 e. The van der Waals surface area contributed by atoms with E-state index in [4.69, 9.17) is 15.2 Å². The van der Waals surface area contributed by atoms with Gasteiger partial charge in [0.2, 0.25) is 0 Å². The monoisotopic (exact) mass is 255 g/mol. The van der Waals surface area contributed by atoms with Crippen LogP contribution in [0.4, 0.5) is 17.1 Å². The van der Waals surface area contributed by atoms with Gasteiger partial charge in [0, 0.05) is 32.5 Å². The highest BCUT2D eigenvalue weighted by atomic mass is 16.6. The average molecular weight is 255 g/mol. The lowest BCUT2D eigenvalue weighted by molar-refractivity contribution is -0.383. The predicted octanol–water partition coefficient (Wildman–Crippen LogP) is 1.25. The van der Waals surface area contributed by atoms with Crippen molar-refractivity contribution in [1.29, 1.82) is 0 Å². The van der Waals surface area contributed by atoms with Crippen LogP contribution in [0.25, 0.3) is 0 Å². The van der Waals surface area contributed by atoms with Crippen LogP contribution < -0.4 is 11.1 Å². The fraction of sp³-hybridized carbons (Fsp3) is 0.455. The van der Waals surface area contributed by atoms with Gasteiger partial charge in [0.15, 0.2) is 0 Å². The van der Waals surface area contributed by atoms with Crippen LogP contribution in [0, 0.1) is 10.1 Å². The summed E-state index contributed by atoms with van der Waals surface area (Å²) < 4.78 is 10.2. The Hall–Kier alpha value is -1.86. The number of nitro groups is 1. The van der Waals surface area contributed by atoms with E-state index in [2.05, 4.69) is 5.32 Å². The number of nitro benzene ring substituents is 1. The first-order valence-electron chi connectivity index (χ1n) is 5.38. The van der Waals surface area contributed by atoms with Crippen LogP contribution in [0.2, 0.25) is 0 Å². The maximum Gasteiger partial charge on any atom is 0.292 e. The van der Waals surface area contributed by atoms with Crippen molar-refractivity contribution in [3.05, 3.63) is 28.3 Å². The summed E-state index contributed by atoms with van der Waals surface area (Å²) >= 11 is 0. The van der Waals surface area contributed by atoms with Gasteiger partial charge in [0.25, 0.3) is 5.69 Å². The molecular formula is C11H17N3O4. The highest BCUT2D eigenvalue weighted by Crippen LogP contribution is 2.24. The molecule has 1 unspecified atom stereocenters. The van der Waals surface area contributed by atoms with Gasteiger partial charge in [0.1, 0.15) is 5.69 Å². The molecule has 1 rings (SSSR count). The molecule has 1 aromatic carbocycles. The Balaban J connectivity index is 2.63. The molecule has 0 aliphatic rings. The summed E-state index contributed by atoms with van der Waals surface area (Å²) in [5, 5.41) is 13.7. The molecule has 0 fully saturated rings. The lowest BCUT2D eigenvalue weighted by atomic mass is 10.2. The summed E-state index contributed by atoms with van der Waals surface area (Å²) in [6.07, 6.45) is -0.0913. The van der Waals surface area contributed by atoms with E-state index in [0.29, 0.717) is 18.8 Å². The summed E-state index contributed by atoms with van der Waals surface area (Å²) in [5.41, 5.74) is 6.32. The van der Waals surface area contributed by atoms with Gasteiger partial charge in [-0.25, -0.2) is 0 Å². The molecular weight excluding hydrogens is 238 g/mol. The summed E-state index contributed by atoms with van der Waals surface area (Å²) in [7, 11) is 3.19. The smallest absolute Gasteiger partial charge is 0.292 e. The number of nitrogens with one attached hydrogen (secondary N) is 1. The Labute approximate surface area is 105 Å². The second-order valence-corrected chi connectivity index (χ2v) is 3.72. The molecule has 7 heteroatoms. The molecule has 3 N–H and O–H groups in total. The second kappa shape index (κ2) is 6.77. The normalized spacial score (nSPS) is 12.1. The number of nitrogen functional groups attached to an aromatic ring is 1. The topological polar surface area (TPSA) is 99.6 Å². The van der Waals surface area contributed by atoms with Crippen molar-refractivity contribution in [3.63, 3.8) is 0 Å². The number of hydrogen-bond donors (Lipinski definition) is 2. The van der Waals surface area contributed by atoms with E-state index in [1.54, 1.807) is 20.3 Å². The zero-order valence-corrected chi connectivity index (χ0v) is 10.4. The van der Waals surface area contributed by atoms with Crippen molar-refractivity contribution in [2.45, 2.75) is 6.10 Å². The Kier molecular flexibility index (Phi) is 5.34. The number of ether oxygens (including phenoxy) is 2. The van der Waals surface area contributed by atoms with Crippen LogP contribution in [-0.2, 0) is 9.47 Å². The van der Waals surface area contributed by atoms with E-state index in [9.17, 15) is 10.1 Å². The number of methoxy groups -OCH3 is 2. The molecule has 100 valence electrons. The van der Waals surface area contributed by atoms with Gasteiger partial charge in [-0.05, 0) is 12.1 Å². The van der Waals surface area contributed by atoms with Gasteiger partial charge in [-0.1, -0.05) is 0 Å². The predicted molar refractivity (Wildman–Crippen MR) is 68.7 cm³/mol. The highest BCUT2D eigenvalue weighted by molar-refractivity contribution is 5.65. The van der Waals surface area contributed by atoms with Crippen LogP contribution in [0.3, 0.4) is 0 Å². The third kappa shape index (κ3) is 3.86. The van der Waals surface area contributed by atoms with Crippen molar-refractivity contribution in [2.75, 3.05) is 38.4 Å². The lowest BCUT2D eigenvalue weighted by Gasteiger charge is -2.15. The molecule has 1 atom stereocenters.